The fourth-order valence-electron chi connectivity index (χ4n) is 6.78. The van der Waals surface area contributed by atoms with E-state index in [2.05, 4.69) is 129 Å². The van der Waals surface area contributed by atoms with Gasteiger partial charge in [-0.1, -0.05) is 123 Å². The van der Waals surface area contributed by atoms with Gasteiger partial charge in [-0.25, -0.2) is 0 Å². The number of furan rings is 1. The van der Waals surface area contributed by atoms with Gasteiger partial charge in [-0.05, 0) is 92.2 Å². The molecule has 0 N–H and O–H groups in total. The van der Waals surface area contributed by atoms with E-state index in [-0.39, 0.29) is 0 Å². The van der Waals surface area contributed by atoms with E-state index >= 15 is 0 Å². The first kappa shape index (κ1) is 26.0. The molecule has 204 valence electrons. The summed E-state index contributed by atoms with van der Waals surface area (Å²) in [7, 11) is 0. The van der Waals surface area contributed by atoms with E-state index in [4.69, 9.17) is 4.42 Å². The van der Waals surface area contributed by atoms with Gasteiger partial charge >= 0.3 is 0 Å². The van der Waals surface area contributed by atoms with Crippen LogP contribution in [0.25, 0.3) is 66.6 Å². The second kappa shape index (κ2) is 10.8. The summed E-state index contributed by atoms with van der Waals surface area (Å²) < 4.78 is 6.22. The van der Waals surface area contributed by atoms with E-state index in [1.54, 1.807) is 6.08 Å². The maximum Gasteiger partial charge on any atom is 0.136 e. The highest BCUT2D eigenvalue weighted by molar-refractivity contribution is 6.26. The number of fused-ring (bicyclic) bond motifs is 7. The van der Waals surface area contributed by atoms with Crippen LogP contribution in [-0.4, -0.2) is 0 Å². The number of rotatable bonds is 7. The Balaban J connectivity index is 1.49. The number of allylic oxidation sites excluding steroid dienone is 1. The molecule has 1 heterocycles. The highest BCUT2D eigenvalue weighted by atomic mass is 16.3. The molecular weight excluding hydrogens is 508 g/mol. The number of hydrogen-bond acceptors (Lipinski definition) is 1. The second-order valence-corrected chi connectivity index (χ2v) is 11.1. The van der Waals surface area contributed by atoms with Crippen molar-refractivity contribution in [3.05, 3.63) is 144 Å². The lowest BCUT2D eigenvalue weighted by atomic mass is 9.82. The summed E-state index contributed by atoms with van der Waals surface area (Å²) in [6, 6.07) is 40.3. The third-order valence-corrected chi connectivity index (χ3v) is 8.66. The van der Waals surface area contributed by atoms with Crippen molar-refractivity contribution in [2.75, 3.05) is 0 Å². The van der Waals surface area contributed by atoms with Crippen LogP contribution in [0.5, 0.6) is 0 Å². The summed E-state index contributed by atoms with van der Waals surface area (Å²) in [5, 5.41) is 8.98. The summed E-state index contributed by atoms with van der Waals surface area (Å²) in [6.07, 6.45) is 8.17. The standard InChI is InChI=1S/C41H34O/c1-4-13-30(27-15-8-7-9-16-27)35-19-12-20-36-31-17-10-11-18-32(31)38-25-28(22-24-37(38)41(35)36)29-21-23-34-33(14-5-2)39(6-3)42-40(34)26-29/h5-12,14-26,30H,3-4,13H2,1-2H3/b14-5-. The summed E-state index contributed by atoms with van der Waals surface area (Å²) in [6.45, 7) is 8.27. The minimum atomic E-state index is 0.343. The van der Waals surface area contributed by atoms with Gasteiger partial charge in [0.25, 0.3) is 0 Å². The number of benzene rings is 6. The summed E-state index contributed by atoms with van der Waals surface area (Å²) in [4.78, 5) is 0. The molecule has 7 aromatic rings. The predicted molar refractivity (Wildman–Crippen MR) is 182 cm³/mol. The zero-order valence-corrected chi connectivity index (χ0v) is 24.2. The highest BCUT2D eigenvalue weighted by Crippen LogP contribution is 2.43. The van der Waals surface area contributed by atoms with Gasteiger partial charge in [0.1, 0.15) is 11.3 Å². The Bertz CT molecular complexity index is 2120. The van der Waals surface area contributed by atoms with Crippen molar-refractivity contribution in [1.82, 2.24) is 0 Å². The van der Waals surface area contributed by atoms with Crippen LogP contribution in [0.1, 0.15) is 55.1 Å². The molecule has 7 rings (SSSR count). The maximum absolute atomic E-state index is 6.22. The van der Waals surface area contributed by atoms with E-state index in [1.807, 2.05) is 13.0 Å². The van der Waals surface area contributed by atoms with Gasteiger partial charge in [-0.15, -0.1) is 0 Å². The molecule has 1 atom stereocenters. The van der Waals surface area contributed by atoms with E-state index in [0.29, 0.717) is 5.92 Å². The van der Waals surface area contributed by atoms with Crippen LogP contribution in [0.2, 0.25) is 0 Å². The SMILES string of the molecule is C=Cc1oc2cc(-c3ccc4c(c3)c3ccccc3c3cccc(C(CCC)c5ccccc5)c34)ccc2c1/C=C\C. The Morgan fingerprint density at radius 3 is 2.10 bits per heavy atom. The lowest BCUT2D eigenvalue weighted by Crippen LogP contribution is -2.02. The topological polar surface area (TPSA) is 13.1 Å². The molecule has 0 saturated carbocycles. The fraction of sp³-hybridized carbons (Fsp3) is 0.122. The Morgan fingerprint density at radius 1 is 0.690 bits per heavy atom. The van der Waals surface area contributed by atoms with Gasteiger partial charge < -0.3 is 4.42 Å². The van der Waals surface area contributed by atoms with Gasteiger partial charge in [0, 0.05) is 16.9 Å². The molecule has 1 heteroatoms. The van der Waals surface area contributed by atoms with Gasteiger partial charge in [-0.3, -0.25) is 0 Å². The van der Waals surface area contributed by atoms with Gasteiger partial charge in [0.2, 0.25) is 0 Å². The average Bonchev–Trinajstić information content (AvgIpc) is 3.40. The molecule has 0 amide bonds. The van der Waals surface area contributed by atoms with Crippen molar-refractivity contribution < 1.29 is 4.42 Å². The normalized spacial score (nSPS) is 12.6. The first-order chi connectivity index (χ1) is 20.7. The Hall–Kier alpha value is -4.88. The molecular formula is C41H34O. The molecule has 0 aliphatic rings. The summed E-state index contributed by atoms with van der Waals surface area (Å²) in [5.41, 5.74) is 7.08. The number of hydrogen-bond donors (Lipinski definition) is 0. The van der Waals surface area contributed by atoms with E-state index < -0.39 is 0 Å². The van der Waals surface area contributed by atoms with Crippen LogP contribution in [0, 0.1) is 0 Å². The smallest absolute Gasteiger partial charge is 0.136 e. The van der Waals surface area contributed by atoms with Crippen LogP contribution in [0.4, 0.5) is 0 Å². The minimum absolute atomic E-state index is 0.343. The highest BCUT2D eigenvalue weighted by Gasteiger charge is 2.20. The second-order valence-electron chi connectivity index (χ2n) is 11.1. The molecule has 42 heavy (non-hydrogen) atoms. The Kier molecular flexibility index (Phi) is 6.72. The molecule has 0 bridgehead atoms. The van der Waals surface area contributed by atoms with Gasteiger partial charge in [-0.2, -0.15) is 0 Å². The lowest BCUT2D eigenvalue weighted by molar-refractivity contribution is 0.603. The minimum Gasteiger partial charge on any atom is -0.456 e. The van der Waals surface area contributed by atoms with Gasteiger partial charge in [0.05, 0.1) is 0 Å². The van der Waals surface area contributed by atoms with Crippen molar-refractivity contribution in [1.29, 1.82) is 0 Å². The molecule has 0 aliphatic carbocycles. The third kappa shape index (κ3) is 4.25. The Labute approximate surface area is 247 Å². The van der Waals surface area contributed by atoms with Crippen molar-refractivity contribution >= 4 is 55.4 Å². The molecule has 1 nitrogen and oxygen atoms in total. The van der Waals surface area contributed by atoms with Crippen molar-refractivity contribution in [2.45, 2.75) is 32.6 Å². The first-order valence-electron chi connectivity index (χ1n) is 15.0. The average molecular weight is 543 g/mol. The fourth-order valence-corrected chi connectivity index (χ4v) is 6.78. The molecule has 6 aromatic carbocycles. The van der Waals surface area contributed by atoms with E-state index in [9.17, 15) is 0 Å². The third-order valence-electron chi connectivity index (χ3n) is 8.66. The molecule has 0 aliphatic heterocycles. The van der Waals surface area contributed by atoms with Crippen molar-refractivity contribution in [2.24, 2.45) is 0 Å². The quantitative estimate of drug-likeness (QED) is 0.183. The van der Waals surface area contributed by atoms with Crippen molar-refractivity contribution in [3.8, 4) is 11.1 Å². The predicted octanol–water partition coefficient (Wildman–Crippen LogP) is 12.2. The Morgan fingerprint density at radius 2 is 1.36 bits per heavy atom. The molecule has 0 saturated heterocycles. The lowest BCUT2D eigenvalue weighted by Gasteiger charge is -2.22. The van der Waals surface area contributed by atoms with E-state index in [0.717, 1.165) is 40.7 Å². The monoisotopic (exact) mass is 542 g/mol. The summed E-state index contributed by atoms with van der Waals surface area (Å²) in [5.74, 6) is 1.15. The van der Waals surface area contributed by atoms with Gasteiger partial charge in [0.15, 0.2) is 0 Å². The zero-order valence-electron chi connectivity index (χ0n) is 24.2. The summed E-state index contributed by atoms with van der Waals surface area (Å²) >= 11 is 0. The molecule has 1 unspecified atom stereocenters. The largest absolute Gasteiger partial charge is 0.456 e. The van der Waals surface area contributed by atoms with Crippen molar-refractivity contribution in [3.63, 3.8) is 0 Å². The molecule has 0 fully saturated rings. The van der Waals surface area contributed by atoms with Crippen LogP contribution < -0.4 is 0 Å². The van der Waals surface area contributed by atoms with Crippen LogP contribution in [0.3, 0.4) is 0 Å². The molecule has 1 aromatic heterocycles. The maximum atomic E-state index is 6.22. The van der Waals surface area contributed by atoms with Crippen LogP contribution in [-0.2, 0) is 0 Å². The molecule has 0 radical (unpaired) electrons. The zero-order chi connectivity index (χ0) is 28.6. The molecule has 0 spiro atoms. The first-order valence-corrected chi connectivity index (χ1v) is 15.0. The van der Waals surface area contributed by atoms with E-state index in [1.165, 1.54) is 49.0 Å². The van der Waals surface area contributed by atoms with Crippen LogP contribution >= 0.6 is 0 Å². The van der Waals surface area contributed by atoms with Crippen LogP contribution in [0.15, 0.2) is 126 Å².